The molecule has 1 aromatic carbocycles. The van der Waals surface area contributed by atoms with Gasteiger partial charge in [0, 0.05) is 42.9 Å². The van der Waals surface area contributed by atoms with Crippen molar-refractivity contribution in [3.63, 3.8) is 0 Å². The molecule has 0 amide bonds. The molecule has 1 heterocycles. The fraction of sp³-hybridized carbons (Fsp3) is 0.438. The van der Waals surface area contributed by atoms with Crippen LogP contribution in [-0.2, 0) is 16.0 Å². The first-order chi connectivity index (χ1) is 10.3. The molecule has 1 aromatic heterocycles. The third kappa shape index (κ3) is 4.38. The summed E-state index contributed by atoms with van der Waals surface area (Å²) in [5, 5.41) is 5.05. The Morgan fingerprint density at radius 3 is 2.67 bits per heavy atom. The number of rotatable bonds is 8. The highest BCUT2D eigenvalue weighted by atomic mass is 35.5. The summed E-state index contributed by atoms with van der Waals surface area (Å²) in [6, 6.07) is 7.79. The van der Waals surface area contributed by atoms with Crippen LogP contribution >= 0.6 is 11.6 Å². The van der Waals surface area contributed by atoms with E-state index in [9.17, 15) is 0 Å². The van der Waals surface area contributed by atoms with Crippen molar-refractivity contribution >= 4 is 22.5 Å². The van der Waals surface area contributed by atoms with Crippen molar-refractivity contribution in [1.29, 1.82) is 0 Å². The number of hydrogen-bond donors (Lipinski definition) is 1. The third-order valence-corrected chi connectivity index (χ3v) is 3.46. The molecule has 0 aliphatic heterocycles. The summed E-state index contributed by atoms with van der Waals surface area (Å²) in [5.74, 6) is 0. The molecule has 0 bridgehead atoms. The Bertz CT molecular complexity index is 571. The predicted octanol–water partition coefficient (Wildman–Crippen LogP) is 3.38. The molecule has 0 atom stereocenters. The topological polar surface area (TPSA) is 43.4 Å². The molecule has 4 nitrogen and oxygen atoms in total. The number of benzene rings is 1. The Labute approximate surface area is 130 Å². The zero-order valence-electron chi connectivity index (χ0n) is 12.4. The molecule has 0 fully saturated rings. The van der Waals surface area contributed by atoms with E-state index in [1.54, 1.807) is 6.20 Å². The maximum atomic E-state index is 6.20. The van der Waals surface area contributed by atoms with Crippen LogP contribution in [-0.4, -0.2) is 31.0 Å². The molecule has 5 heteroatoms. The van der Waals surface area contributed by atoms with E-state index in [0.717, 1.165) is 21.5 Å². The zero-order chi connectivity index (χ0) is 15.1. The second-order valence-corrected chi connectivity index (χ2v) is 4.98. The van der Waals surface area contributed by atoms with Gasteiger partial charge in [0.2, 0.25) is 0 Å². The van der Waals surface area contributed by atoms with E-state index in [4.69, 9.17) is 21.1 Å². The number of nitrogens with zero attached hydrogens (tertiary/aromatic N) is 1. The van der Waals surface area contributed by atoms with Crippen molar-refractivity contribution in [2.75, 3.05) is 19.8 Å². The van der Waals surface area contributed by atoms with E-state index in [1.165, 1.54) is 0 Å². The van der Waals surface area contributed by atoms with Crippen molar-refractivity contribution in [1.82, 2.24) is 10.3 Å². The summed E-state index contributed by atoms with van der Waals surface area (Å²) in [6.45, 7) is 6.53. The van der Waals surface area contributed by atoms with Crippen molar-refractivity contribution in [3.8, 4) is 0 Å². The van der Waals surface area contributed by atoms with Gasteiger partial charge in [0.1, 0.15) is 0 Å². The monoisotopic (exact) mass is 308 g/mol. The average Bonchev–Trinajstić information content (AvgIpc) is 2.50. The highest BCUT2D eigenvalue weighted by Crippen LogP contribution is 2.24. The Balaban J connectivity index is 2.02. The van der Waals surface area contributed by atoms with Crippen molar-refractivity contribution in [2.24, 2.45) is 0 Å². The SMILES string of the molecule is CCOC(CNCc1ccc(Cl)c2cccnc12)OCC. The van der Waals surface area contributed by atoms with Gasteiger partial charge in [0.25, 0.3) is 0 Å². The zero-order valence-corrected chi connectivity index (χ0v) is 13.2. The summed E-state index contributed by atoms with van der Waals surface area (Å²) < 4.78 is 11.0. The van der Waals surface area contributed by atoms with E-state index in [1.807, 2.05) is 38.1 Å². The van der Waals surface area contributed by atoms with E-state index < -0.39 is 0 Å². The van der Waals surface area contributed by atoms with Gasteiger partial charge in [-0.3, -0.25) is 4.98 Å². The van der Waals surface area contributed by atoms with Crippen LogP contribution in [0.2, 0.25) is 5.02 Å². The minimum Gasteiger partial charge on any atom is -0.352 e. The highest BCUT2D eigenvalue weighted by molar-refractivity contribution is 6.35. The van der Waals surface area contributed by atoms with Gasteiger partial charge in [0.15, 0.2) is 6.29 Å². The highest BCUT2D eigenvalue weighted by Gasteiger charge is 2.09. The Morgan fingerprint density at radius 1 is 1.19 bits per heavy atom. The minimum atomic E-state index is -0.216. The fourth-order valence-corrected chi connectivity index (χ4v) is 2.42. The first-order valence-corrected chi connectivity index (χ1v) is 7.60. The molecule has 2 rings (SSSR count). The summed E-state index contributed by atoms with van der Waals surface area (Å²) in [4.78, 5) is 4.43. The lowest BCUT2D eigenvalue weighted by atomic mass is 10.1. The van der Waals surface area contributed by atoms with E-state index in [-0.39, 0.29) is 6.29 Å². The lowest BCUT2D eigenvalue weighted by Crippen LogP contribution is -2.31. The molecule has 21 heavy (non-hydrogen) atoms. The number of nitrogens with one attached hydrogen (secondary N) is 1. The molecule has 0 spiro atoms. The van der Waals surface area contributed by atoms with Gasteiger partial charge in [-0.25, -0.2) is 0 Å². The maximum absolute atomic E-state index is 6.20. The summed E-state index contributed by atoms with van der Waals surface area (Å²) in [7, 11) is 0. The molecule has 0 radical (unpaired) electrons. The fourth-order valence-electron chi connectivity index (χ4n) is 2.20. The summed E-state index contributed by atoms with van der Waals surface area (Å²) >= 11 is 6.20. The number of fused-ring (bicyclic) bond motifs is 1. The summed E-state index contributed by atoms with van der Waals surface area (Å²) in [6.07, 6.45) is 1.57. The molecular weight excluding hydrogens is 288 g/mol. The molecule has 0 saturated carbocycles. The van der Waals surface area contributed by atoms with Gasteiger partial charge in [-0.1, -0.05) is 17.7 Å². The molecular formula is C16H21ClN2O2. The standard InChI is InChI=1S/C16H21ClN2O2/c1-3-20-15(21-4-2)11-18-10-12-7-8-14(17)13-6-5-9-19-16(12)13/h5-9,15,18H,3-4,10-11H2,1-2H3. The molecule has 114 valence electrons. The quantitative estimate of drug-likeness (QED) is 0.759. The van der Waals surface area contributed by atoms with Crippen LogP contribution in [0.4, 0.5) is 0 Å². The third-order valence-electron chi connectivity index (χ3n) is 3.13. The summed E-state index contributed by atoms with van der Waals surface area (Å²) in [5.41, 5.74) is 2.05. The second-order valence-electron chi connectivity index (χ2n) is 4.58. The van der Waals surface area contributed by atoms with Crippen molar-refractivity contribution in [2.45, 2.75) is 26.7 Å². The van der Waals surface area contributed by atoms with Crippen molar-refractivity contribution in [3.05, 3.63) is 41.0 Å². The molecule has 2 aromatic rings. The Kier molecular flexibility index (Phi) is 6.39. The van der Waals surface area contributed by atoms with Crippen molar-refractivity contribution < 1.29 is 9.47 Å². The Morgan fingerprint density at radius 2 is 1.95 bits per heavy atom. The molecule has 0 aliphatic rings. The van der Waals surface area contributed by atoms with Gasteiger partial charge in [-0.15, -0.1) is 0 Å². The average molecular weight is 309 g/mol. The van der Waals surface area contributed by atoms with E-state index in [0.29, 0.717) is 26.3 Å². The van der Waals surface area contributed by atoms with Gasteiger partial charge in [-0.05, 0) is 37.6 Å². The largest absolute Gasteiger partial charge is 0.352 e. The predicted molar refractivity (Wildman–Crippen MR) is 85.5 cm³/mol. The van der Waals surface area contributed by atoms with E-state index >= 15 is 0 Å². The van der Waals surface area contributed by atoms with Crippen LogP contribution in [0, 0.1) is 0 Å². The number of ether oxygens (including phenoxy) is 2. The van der Waals surface area contributed by atoms with Gasteiger partial charge in [-0.2, -0.15) is 0 Å². The second kappa shape index (κ2) is 8.29. The number of aromatic nitrogens is 1. The normalized spacial score (nSPS) is 11.4. The minimum absolute atomic E-state index is 0.216. The van der Waals surface area contributed by atoms with Gasteiger partial charge in [0.05, 0.1) is 5.52 Å². The van der Waals surface area contributed by atoms with Crippen LogP contribution < -0.4 is 5.32 Å². The first kappa shape index (κ1) is 16.2. The van der Waals surface area contributed by atoms with Gasteiger partial charge >= 0.3 is 0 Å². The number of halogens is 1. The number of hydrogen-bond acceptors (Lipinski definition) is 4. The van der Waals surface area contributed by atoms with E-state index in [2.05, 4.69) is 10.3 Å². The van der Waals surface area contributed by atoms with Crippen LogP contribution in [0.25, 0.3) is 10.9 Å². The lowest BCUT2D eigenvalue weighted by molar-refractivity contribution is -0.133. The number of pyridine rings is 1. The van der Waals surface area contributed by atoms with Crippen LogP contribution in [0.1, 0.15) is 19.4 Å². The van der Waals surface area contributed by atoms with Gasteiger partial charge < -0.3 is 14.8 Å². The maximum Gasteiger partial charge on any atom is 0.169 e. The van der Waals surface area contributed by atoms with Crippen LogP contribution in [0.3, 0.4) is 0 Å². The molecule has 1 N–H and O–H groups in total. The smallest absolute Gasteiger partial charge is 0.169 e. The lowest BCUT2D eigenvalue weighted by Gasteiger charge is -2.17. The first-order valence-electron chi connectivity index (χ1n) is 7.22. The molecule has 0 aliphatic carbocycles. The van der Waals surface area contributed by atoms with Crippen LogP contribution in [0.15, 0.2) is 30.5 Å². The molecule has 0 unspecified atom stereocenters. The molecule has 0 saturated heterocycles. The Hall–Kier alpha value is -1.20. The van der Waals surface area contributed by atoms with Crippen LogP contribution in [0.5, 0.6) is 0 Å².